The third kappa shape index (κ3) is 2.74. The molecule has 0 amide bonds. The molecule has 0 fully saturated rings. The number of para-hydroxylation sites is 1. The maximum atomic E-state index is 13.2. The molecule has 0 saturated carbocycles. The molecule has 1 N–H and O–H groups in total. The van der Waals surface area contributed by atoms with Gasteiger partial charge in [0, 0.05) is 17.8 Å². The lowest BCUT2D eigenvalue weighted by atomic mass is 10.1. The molecule has 3 nitrogen and oxygen atoms in total. The minimum absolute atomic E-state index is 0.234. The van der Waals surface area contributed by atoms with Crippen LogP contribution in [0.5, 0.6) is 0 Å². The van der Waals surface area contributed by atoms with Gasteiger partial charge in [0.15, 0.2) is 0 Å². The van der Waals surface area contributed by atoms with Gasteiger partial charge in [-0.1, -0.05) is 18.2 Å². The first-order valence-electron chi connectivity index (χ1n) is 6.25. The highest BCUT2D eigenvalue weighted by Gasteiger charge is 2.15. The van der Waals surface area contributed by atoms with E-state index in [0.29, 0.717) is 17.9 Å². The van der Waals surface area contributed by atoms with Crippen LogP contribution in [0.25, 0.3) is 0 Å². The zero-order chi connectivity index (χ0) is 13.8. The average Bonchev–Trinajstić information content (AvgIpc) is 2.43. The molecule has 0 spiro atoms. The quantitative estimate of drug-likeness (QED) is 0.917. The van der Waals surface area contributed by atoms with E-state index in [-0.39, 0.29) is 6.61 Å². The predicted molar refractivity (Wildman–Crippen MR) is 74.0 cm³/mol. The summed E-state index contributed by atoms with van der Waals surface area (Å²) in [5.74, 6) is 0.161. The largest absolute Gasteiger partial charge is 0.392 e. The highest BCUT2D eigenvalue weighted by molar-refractivity contribution is 5.65. The van der Waals surface area contributed by atoms with Crippen LogP contribution in [-0.4, -0.2) is 16.6 Å². The summed E-state index contributed by atoms with van der Waals surface area (Å²) in [6.07, 6.45) is 1.18. The van der Waals surface area contributed by atoms with Gasteiger partial charge in [-0.3, -0.25) is 0 Å². The summed E-state index contributed by atoms with van der Waals surface area (Å²) < 4.78 is 13.2. The van der Waals surface area contributed by atoms with Crippen molar-refractivity contribution >= 4 is 11.5 Å². The second-order valence-electron chi connectivity index (χ2n) is 4.33. The zero-order valence-electron chi connectivity index (χ0n) is 11.1. The van der Waals surface area contributed by atoms with Crippen LogP contribution in [0.4, 0.5) is 15.9 Å². The van der Waals surface area contributed by atoms with Crippen molar-refractivity contribution in [3.8, 4) is 0 Å². The second kappa shape index (κ2) is 5.80. The predicted octanol–water partition coefficient (Wildman–Crippen LogP) is 3.18. The molecule has 0 saturated heterocycles. The Balaban J connectivity index is 2.51. The first-order chi connectivity index (χ1) is 9.17. The lowest BCUT2D eigenvalue weighted by molar-refractivity contribution is 0.281. The Labute approximate surface area is 112 Å². The normalized spacial score (nSPS) is 10.5. The lowest BCUT2D eigenvalue weighted by Gasteiger charge is -2.25. The van der Waals surface area contributed by atoms with Gasteiger partial charge < -0.3 is 10.0 Å². The summed E-state index contributed by atoms with van der Waals surface area (Å²) in [5, 5.41) is 9.37. The van der Waals surface area contributed by atoms with Gasteiger partial charge in [0.2, 0.25) is 0 Å². The standard InChI is InChI=1S/C15H17FN2O/c1-3-18(14-7-5-4-6-11(14)2)15-12(10-19)8-13(16)9-17-15/h4-9,19H,3,10H2,1-2H3. The number of anilines is 2. The molecule has 2 aromatic rings. The Bertz CT molecular complexity index is 572. The Morgan fingerprint density at radius 2 is 2.05 bits per heavy atom. The minimum atomic E-state index is -0.436. The molecule has 19 heavy (non-hydrogen) atoms. The maximum absolute atomic E-state index is 13.2. The summed E-state index contributed by atoms with van der Waals surface area (Å²) >= 11 is 0. The second-order valence-corrected chi connectivity index (χ2v) is 4.33. The minimum Gasteiger partial charge on any atom is -0.392 e. The van der Waals surface area contributed by atoms with E-state index in [4.69, 9.17) is 0 Å². The van der Waals surface area contributed by atoms with Gasteiger partial charge in [-0.05, 0) is 31.5 Å². The number of aliphatic hydroxyl groups excluding tert-OH is 1. The molecule has 4 heteroatoms. The molecule has 0 radical (unpaired) electrons. The molecular weight excluding hydrogens is 243 g/mol. The van der Waals surface area contributed by atoms with Crippen LogP contribution in [-0.2, 0) is 6.61 Å². The van der Waals surface area contributed by atoms with Crippen molar-refractivity contribution in [1.82, 2.24) is 4.98 Å². The third-order valence-electron chi connectivity index (χ3n) is 3.06. The number of benzene rings is 1. The molecule has 0 bridgehead atoms. The summed E-state index contributed by atoms with van der Waals surface area (Å²) in [5.41, 5.74) is 2.61. The maximum Gasteiger partial charge on any atom is 0.142 e. The van der Waals surface area contributed by atoms with Crippen molar-refractivity contribution in [2.24, 2.45) is 0 Å². The third-order valence-corrected chi connectivity index (χ3v) is 3.06. The number of aromatic nitrogens is 1. The highest BCUT2D eigenvalue weighted by Crippen LogP contribution is 2.29. The molecule has 0 aliphatic heterocycles. The molecule has 1 heterocycles. The van der Waals surface area contributed by atoms with Gasteiger partial charge in [0.05, 0.1) is 12.8 Å². The van der Waals surface area contributed by atoms with Gasteiger partial charge in [-0.2, -0.15) is 0 Å². The molecular formula is C15H17FN2O. The van der Waals surface area contributed by atoms with Crippen LogP contribution in [0.2, 0.25) is 0 Å². The van der Waals surface area contributed by atoms with Crippen LogP contribution in [0, 0.1) is 12.7 Å². The highest BCUT2D eigenvalue weighted by atomic mass is 19.1. The number of hydrogen-bond acceptors (Lipinski definition) is 3. The SMILES string of the molecule is CCN(c1ccccc1C)c1ncc(F)cc1CO. The van der Waals surface area contributed by atoms with Crippen LogP contribution in [0.15, 0.2) is 36.5 Å². The van der Waals surface area contributed by atoms with E-state index in [2.05, 4.69) is 4.98 Å². The fraction of sp³-hybridized carbons (Fsp3) is 0.267. The van der Waals surface area contributed by atoms with Crippen molar-refractivity contribution in [2.45, 2.75) is 20.5 Å². The number of rotatable bonds is 4. The number of hydrogen-bond donors (Lipinski definition) is 1. The van der Waals surface area contributed by atoms with E-state index in [9.17, 15) is 9.50 Å². The summed E-state index contributed by atoms with van der Waals surface area (Å²) in [6.45, 7) is 4.47. The lowest BCUT2D eigenvalue weighted by Crippen LogP contribution is -2.20. The molecule has 1 aromatic carbocycles. The Hall–Kier alpha value is -1.94. The van der Waals surface area contributed by atoms with Crippen LogP contribution < -0.4 is 4.90 Å². The van der Waals surface area contributed by atoms with Crippen LogP contribution in [0.1, 0.15) is 18.1 Å². The van der Waals surface area contributed by atoms with Crippen LogP contribution in [0.3, 0.4) is 0 Å². The summed E-state index contributed by atoms with van der Waals surface area (Å²) in [6, 6.07) is 9.25. The molecule has 2 rings (SSSR count). The van der Waals surface area contributed by atoms with Gasteiger partial charge in [0.25, 0.3) is 0 Å². The first-order valence-corrected chi connectivity index (χ1v) is 6.25. The van der Waals surface area contributed by atoms with Crippen LogP contribution >= 0.6 is 0 Å². The van der Waals surface area contributed by atoms with Crippen molar-refractivity contribution in [3.63, 3.8) is 0 Å². The van der Waals surface area contributed by atoms with E-state index in [0.717, 1.165) is 11.3 Å². The van der Waals surface area contributed by atoms with E-state index in [1.807, 2.05) is 43.0 Å². The number of nitrogens with zero attached hydrogens (tertiary/aromatic N) is 2. The number of aliphatic hydroxyl groups is 1. The first kappa shape index (κ1) is 13.5. The summed E-state index contributed by atoms with van der Waals surface area (Å²) in [4.78, 5) is 6.10. The fourth-order valence-corrected chi connectivity index (χ4v) is 2.13. The molecule has 100 valence electrons. The van der Waals surface area contributed by atoms with Gasteiger partial charge >= 0.3 is 0 Å². The Morgan fingerprint density at radius 3 is 2.68 bits per heavy atom. The van der Waals surface area contributed by atoms with Gasteiger partial charge in [-0.15, -0.1) is 0 Å². The molecule has 0 aliphatic rings. The Morgan fingerprint density at radius 1 is 1.32 bits per heavy atom. The monoisotopic (exact) mass is 260 g/mol. The van der Waals surface area contributed by atoms with Crippen molar-refractivity contribution in [2.75, 3.05) is 11.4 Å². The number of aryl methyl sites for hydroxylation is 1. The van der Waals surface area contributed by atoms with Gasteiger partial charge in [-0.25, -0.2) is 9.37 Å². The summed E-state index contributed by atoms with van der Waals surface area (Å²) in [7, 11) is 0. The smallest absolute Gasteiger partial charge is 0.142 e. The Kier molecular flexibility index (Phi) is 4.12. The van der Waals surface area contributed by atoms with E-state index in [1.54, 1.807) is 0 Å². The van der Waals surface area contributed by atoms with Crippen molar-refractivity contribution < 1.29 is 9.50 Å². The van der Waals surface area contributed by atoms with Gasteiger partial charge in [0.1, 0.15) is 11.6 Å². The van der Waals surface area contributed by atoms with Crippen molar-refractivity contribution in [3.05, 3.63) is 53.5 Å². The zero-order valence-corrected chi connectivity index (χ0v) is 11.1. The number of pyridine rings is 1. The fourth-order valence-electron chi connectivity index (χ4n) is 2.13. The average molecular weight is 260 g/mol. The number of halogens is 1. The molecule has 0 aliphatic carbocycles. The molecule has 1 aromatic heterocycles. The van der Waals surface area contributed by atoms with E-state index < -0.39 is 5.82 Å². The molecule has 0 unspecified atom stereocenters. The molecule has 0 atom stereocenters. The van der Waals surface area contributed by atoms with Crippen molar-refractivity contribution in [1.29, 1.82) is 0 Å². The van der Waals surface area contributed by atoms with E-state index >= 15 is 0 Å². The topological polar surface area (TPSA) is 36.4 Å². The van der Waals surface area contributed by atoms with E-state index in [1.165, 1.54) is 12.3 Å².